The summed E-state index contributed by atoms with van der Waals surface area (Å²) in [5.74, 6) is -1.32. The lowest BCUT2D eigenvalue weighted by molar-refractivity contribution is -0.137. The van der Waals surface area contributed by atoms with E-state index in [2.05, 4.69) is 5.32 Å². The first-order valence-electron chi connectivity index (χ1n) is 8.86. The Balaban J connectivity index is 1.83. The minimum atomic E-state index is -0.977. The summed E-state index contributed by atoms with van der Waals surface area (Å²) in [7, 11) is 0. The van der Waals surface area contributed by atoms with E-state index in [0.717, 1.165) is 22.4 Å². The molecule has 27 heavy (non-hydrogen) atoms. The summed E-state index contributed by atoms with van der Waals surface area (Å²) >= 11 is 0. The second-order valence-electron chi connectivity index (χ2n) is 6.74. The number of carbonyl (C=O) groups is 3. The SMILES string of the molecule is CC(=O)N1CCc2cc(C(=O)N[C@H](CC(=O)O)c3ccccc3C)ccc21. The van der Waals surface area contributed by atoms with Crippen molar-refractivity contribution in [3.05, 3.63) is 64.7 Å². The van der Waals surface area contributed by atoms with Gasteiger partial charge >= 0.3 is 5.97 Å². The molecule has 2 aromatic carbocycles. The zero-order valence-electron chi connectivity index (χ0n) is 15.4. The minimum absolute atomic E-state index is 0.0213. The predicted octanol–water partition coefficient (Wildman–Crippen LogP) is 2.85. The number of nitrogens with zero attached hydrogens (tertiary/aromatic N) is 1. The molecule has 0 unspecified atom stereocenters. The van der Waals surface area contributed by atoms with Gasteiger partial charge in [-0.3, -0.25) is 14.4 Å². The maximum absolute atomic E-state index is 12.8. The Bertz CT molecular complexity index is 907. The molecule has 6 nitrogen and oxygen atoms in total. The first-order valence-corrected chi connectivity index (χ1v) is 8.86. The van der Waals surface area contributed by atoms with Crippen LogP contribution in [0.1, 0.15) is 46.4 Å². The van der Waals surface area contributed by atoms with Crippen LogP contribution in [0.5, 0.6) is 0 Å². The fraction of sp³-hybridized carbons (Fsp3) is 0.286. The molecular formula is C21H22N2O4. The second-order valence-corrected chi connectivity index (χ2v) is 6.74. The van der Waals surface area contributed by atoms with Gasteiger partial charge in [-0.2, -0.15) is 0 Å². The van der Waals surface area contributed by atoms with Gasteiger partial charge in [0.15, 0.2) is 0 Å². The summed E-state index contributed by atoms with van der Waals surface area (Å²) in [6.07, 6.45) is 0.506. The minimum Gasteiger partial charge on any atom is -0.481 e. The van der Waals surface area contributed by atoms with Gasteiger partial charge in [-0.25, -0.2) is 0 Å². The van der Waals surface area contributed by atoms with Crippen LogP contribution in [0.25, 0.3) is 0 Å². The molecule has 0 saturated heterocycles. The van der Waals surface area contributed by atoms with E-state index < -0.39 is 12.0 Å². The van der Waals surface area contributed by atoms with Crippen LogP contribution in [-0.2, 0) is 16.0 Å². The van der Waals surface area contributed by atoms with Crippen molar-refractivity contribution in [1.82, 2.24) is 5.32 Å². The van der Waals surface area contributed by atoms with Gasteiger partial charge in [-0.1, -0.05) is 24.3 Å². The summed E-state index contributed by atoms with van der Waals surface area (Å²) in [5, 5.41) is 12.1. The zero-order chi connectivity index (χ0) is 19.6. The van der Waals surface area contributed by atoms with Crippen molar-refractivity contribution in [2.45, 2.75) is 32.7 Å². The number of carbonyl (C=O) groups excluding carboxylic acids is 2. The van der Waals surface area contributed by atoms with Gasteiger partial charge < -0.3 is 15.3 Å². The standard InChI is InChI=1S/C21H22N2O4/c1-13-5-3-4-6-17(13)18(12-20(25)26)22-21(27)16-7-8-19-15(11-16)9-10-23(19)14(2)24/h3-8,11,18H,9-10,12H2,1-2H3,(H,22,27)(H,25,26)/t18-/m1/s1. The molecule has 2 aromatic rings. The van der Waals surface area contributed by atoms with Gasteiger partial charge in [0.05, 0.1) is 12.5 Å². The number of fused-ring (bicyclic) bond motifs is 1. The molecule has 0 saturated carbocycles. The third-order valence-corrected chi connectivity index (χ3v) is 4.87. The Morgan fingerprint density at radius 1 is 1.19 bits per heavy atom. The molecule has 0 radical (unpaired) electrons. The first-order chi connectivity index (χ1) is 12.9. The van der Waals surface area contributed by atoms with E-state index in [4.69, 9.17) is 0 Å². The first kappa shape index (κ1) is 18.6. The molecule has 3 rings (SSSR count). The Hall–Kier alpha value is -3.15. The van der Waals surface area contributed by atoms with Crippen LogP contribution in [-0.4, -0.2) is 29.4 Å². The molecule has 1 heterocycles. The van der Waals surface area contributed by atoms with Crippen LogP contribution in [0, 0.1) is 6.92 Å². The molecule has 140 valence electrons. The number of nitrogens with one attached hydrogen (secondary N) is 1. The predicted molar refractivity (Wildman–Crippen MR) is 102 cm³/mol. The Labute approximate surface area is 157 Å². The van der Waals surface area contributed by atoms with Crippen LogP contribution < -0.4 is 10.2 Å². The van der Waals surface area contributed by atoms with Crippen molar-refractivity contribution in [1.29, 1.82) is 0 Å². The lowest BCUT2D eigenvalue weighted by Gasteiger charge is -2.20. The number of rotatable bonds is 5. The molecule has 2 N–H and O–H groups in total. The monoisotopic (exact) mass is 366 g/mol. The lowest BCUT2D eigenvalue weighted by atomic mass is 9.98. The summed E-state index contributed by atoms with van der Waals surface area (Å²) in [5.41, 5.74) is 3.96. The average molecular weight is 366 g/mol. The Morgan fingerprint density at radius 2 is 1.93 bits per heavy atom. The van der Waals surface area contributed by atoms with Gasteiger partial charge in [-0.15, -0.1) is 0 Å². The molecular weight excluding hydrogens is 344 g/mol. The molecule has 0 spiro atoms. The summed E-state index contributed by atoms with van der Waals surface area (Å²) < 4.78 is 0. The highest BCUT2D eigenvalue weighted by Crippen LogP contribution is 2.29. The molecule has 2 amide bonds. The van der Waals surface area contributed by atoms with Crippen molar-refractivity contribution in [3.63, 3.8) is 0 Å². The zero-order valence-corrected chi connectivity index (χ0v) is 15.4. The second kappa shape index (κ2) is 7.61. The van der Waals surface area contributed by atoms with Crippen LogP contribution in [0.2, 0.25) is 0 Å². The van der Waals surface area contributed by atoms with Crippen LogP contribution in [0.3, 0.4) is 0 Å². The molecule has 6 heteroatoms. The summed E-state index contributed by atoms with van der Waals surface area (Å²) in [6.45, 7) is 4.02. The van der Waals surface area contributed by atoms with Crippen LogP contribution in [0.4, 0.5) is 5.69 Å². The highest BCUT2D eigenvalue weighted by Gasteiger charge is 2.25. The van der Waals surface area contributed by atoms with Gasteiger partial charge in [0.1, 0.15) is 0 Å². The van der Waals surface area contributed by atoms with Crippen molar-refractivity contribution < 1.29 is 19.5 Å². The highest BCUT2D eigenvalue weighted by molar-refractivity contribution is 5.98. The molecule has 0 aliphatic carbocycles. The molecule has 1 aliphatic heterocycles. The van der Waals surface area contributed by atoms with E-state index in [1.165, 1.54) is 6.92 Å². The number of hydrogen-bond donors (Lipinski definition) is 2. The number of anilines is 1. The van der Waals surface area contributed by atoms with Gasteiger partial charge in [-0.05, 0) is 48.2 Å². The van der Waals surface area contributed by atoms with E-state index in [1.807, 2.05) is 31.2 Å². The van der Waals surface area contributed by atoms with Crippen LogP contribution in [0.15, 0.2) is 42.5 Å². The summed E-state index contributed by atoms with van der Waals surface area (Å²) in [6, 6.07) is 12.0. The third kappa shape index (κ3) is 4.00. The highest BCUT2D eigenvalue weighted by atomic mass is 16.4. The number of amides is 2. The lowest BCUT2D eigenvalue weighted by Crippen LogP contribution is -2.30. The number of aryl methyl sites for hydroxylation is 1. The van der Waals surface area contributed by atoms with Crippen molar-refractivity contribution in [2.75, 3.05) is 11.4 Å². The van der Waals surface area contributed by atoms with E-state index in [1.54, 1.807) is 23.1 Å². The smallest absolute Gasteiger partial charge is 0.305 e. The fourth-order valence-corrected chi connectivity index (χ4v) is 3.50. The van der Waals surface area contributed by atoms with E-state index >= 15 is 0 Å². The van der Waals surface area contributed by atoms with E-state index in [0.29, 0.717) is 18.5 Å². The molecule has 1 atom stereocenters. The van der Waals surface area contributed by atoms with Crippen molar-refractivity contribution >= 4 is 23.5 Å². The van der Waals surface area contributed by atoms with Crippen molar-refractivity contribution in [2.24, 2.45) is 0 Å². The van der Waals surface area contributed by atoms with Gasteiger partial charge in [0.2, 0.25) is 5.91 Å². The maximum Gasteiger partial charge on any atom is 0.305 e. The van der Waals surface area contributed by atoms with Crippen molar-refractivity contribution in [3.8, 4) is 0 Å². The molecule has 0 bridgehead atoms. The normalized spacial score (nSPS) is 13.8. The molecule has 0 fully saturated rings. The Morgan fingerprint density at radius 3 is 2.59 bits per heavy atom. The number of aliphatic carboxylic acids is 1. The maximum atomic E-state index is 12.8. The number of benzene rings is 2. The van der Waals surface area contributed by atoms with E-state index in [9.17, 15) is 19.5 Å². The fourth-order valence-electron chi connectivity index (χ4n) is 3.50. The summed E-state index contributed by atoms with van der Waals surface area (Å²) in [4.78, 5) is 37.4. The topological polar surface area (TPSA) is 86.7 Å². The average Bonchev–Trinajstić information content (AvgIpc) is 3.04. The largest absolute Gasteiger partial charge is 0.481 e. The molecule has 1 aliphatic rings. The number of carboxylic acid groups (broad SMARTS) is 1. The van der Waals surface area contributed by atoms with Gasteiger partial charge in [0.25, 0.3) is 5.91 Å². The van der Waals surface area contributed by atoms with Gasteiger partial charge in [0, 0.05) is 24.7 Å². The molecule has 0 aromatic heterocycles. The quantitative estimate of drug-likeness (QED) is 0.852. The Kier molecular flexibility index (Phi) is 5.26. The van der Waals surface area contributed by atoms with Crippen LogP contribution >= 0.6 is 0 Å². The van der Waals surface area contributed by atoms with E-state index in [-0.39, 0.29) is 18.2 Å². The number of carboxylic acids is 1. The third-order valence-electron chi connectivity index (χ3n) is 4.87. The number of hydrogen-bond acceptors (Lipinski definition) is 3.